The van der Waals surface area contributed by atoms with Gasteiger partial charge in [0.05, 0.1) is 0 Å². The Labute approximate surface area is 158 Å². The first kappa shape index (κ1) is 22.6. The lowest BCUT2D eigenvalue weighted by Crippen LogP contribution is -2.27. The van der Waals surface area contributed by atoms with Crippen molar-refractivity contribution in [1.82, 2.24) is 0 Å². The Bertz CT molecular complexity index is 490. The molecule has 0 bridgehead atoms. The van der Waals surface area contributed by atoms with Crippen LogP contribution in [0.4, 0.5) is 0 Å². The molecule has 1 aliphatic carbocycles. The summed E-state index contributed by atoms with van der Waals surface area (Å²) in [6, 6.07) is 0. The predicted molar refractivity (Wildman–Crippen MR) is 105 cm³/mol. The Hall–Kier alpha value is -1.42. The molecule has 4 nitrogen and oxygen atoms in total. The van der Waals surface area contributed by atoms with Crippen LogP contribution in [0.15, 0.2) is 23.5 Å². The van der Waals surface area contributed by atoms with Crippen LogP contribution in [0.2, 0.25) is 0 Å². The molecule has 0 aromatic heterocycles. The third-order valence-electron chi connectivity index (χ3n) is 5.03. The summed E-state index contributed by atoms with van der Waals surface area (Å²) in [7, 11) is 0. The molecular weight excluding hydrogens is 328 g/mol. The molecule has 0 aromatic rings. The maximum atomic E-state index is 12.1. The minimum Gasteiger partial charge on any atom is -0.509 e. The molecule has 0 saturated heterocycles. The summed E-state index contributed by atoms with van der Waals surface area (Å²) in [5, 5.41) is 19.4. The lowest BCUT2D eigenvalue weighted by atomic mass is 9.89. The van der Waals surface area contributed by atoms with E-state index in [0.29, 0.717) is 0 Å². The van der Waals surface area contributed by atoms with Crippen LogP contribution in [-0.4, -0.2) is 27.9 Å². The number of rotatable bonds is 14. The summed E-state index contributed by atoms with van der Waals surface area (Å²) < 4.78 is 0. The van der Waals surface area contributed by atoms with Crippen LogP contribution in [0.25, 0.3) is 0 Å². The Kier molecular flexibility index (Phi) is 12.0. The highest BCUT2D eigenvalue weighted by Crippen LogP contribution is 2.23. The monoisotopic (exact) mass is 364 g/mol. The standard InChI is InChI=1S/C22H36O4/c1-2-3-4-5-6-7-8-9-10-11-12-13-14-15-18(23)21-19(24)16-17-20(25)22(21)26/h2-3,20,25-26H,4-17H2,1H3/b3-2+/t20-/m0/s1. The highest BCUT2D eigenvalue weighted by molar-refractivity contribution is 6.21. The second-order valence-corrected chi connectivity index (χ2v) is 7.30. The number of allylic oxidation sites excluding steroid dienone is 3. The summed E-state index contributed by atoms with van der Waals surface area (Å²) in [4.78, 5) is 23.9. The molecule has 4 heteroatoms. The zero-order valence-electron chi connectivity index (χ0n) is 16.3. The maximum Gasteiger partial charge on any atom is 0.170 e. The molecule has 0 aromatic carbocycles. The molecular formula is C22H36O4. The van der Waals surface area contributed by atoms with Gasteiger partial charge in [0.25, 0.3) is 0 Å². The Morgan fingerprint density at radius 2 is 1.54 bits per heavy atom. The molecule has 0 aliphatic heterocycles. The number of Topliss-reactive ketones (excluding diaryl/α,β-unsaturated/α-hetero) is 2. The van der Waals surface area contributed by atoms with E-state index in [1.165, 1.54) is 51.4 Å². The lowest BCUT2D eigenvalue weighted by molar-refractivity contribution is -0.123. The van der Waals surface area contributed by atoms with Gasteiger partial charge in [-0.2, -0.15) is 0 Å². The van der Waals surface area contributed by atoms with Crippen molar-refractivity contribution in [2.75, 3.05) is 0 Å². The normalized spacial score (nSPS) is 18.1. The smallest absolute Gasteiger partial charge is 0.170 e. The Morgan fingerprint density at radius 1 is 1.00 bits per heavy atom. The molecule has 0 heterocycles. The number of unbranched alkanes of at least 4 members (excludes halogenated alkanes) is 10. The van der Waals surface area contributed by atoms with Gasteiger partial charge in [0.1, 0.15) is 17.4 Å². The summed E-state index contributed by atoms with van der Waals surface area (Å²) >= 11 is 0. The first-order chi connectivity index (χ1) is 12.6. The fraction of sp³-hybridized carbons (Fsp3) is 0.727. The van der Waals surface area contributed by atoms with E-state index in [0.717, 1.165) is 19.3 Å². The number of aliphatic hydroxyl groups is 2. The van der Waals surface area contributed by atoms with E-state index in [1.807, 2.05) is 0 Å². The second kappa shape index (κ2) is 13.7. The summed E-state index contributed by atoms with van der Waals surface area (Å²) in [6.07, 6.45) is 16.9. The fourth-order valence-corrected chi connectivity index (χ4v) is 3.39. The molecule has 1 rings (SSSR count). The summed E-state index contributed by atoms with van der Waals surface area (Å²) in [5.41, 5.74) is -0.154. The third-order valence-corrected chi connectivity index (χ3v) is 5.03. The highest BCUT2D eigenvalue weighted by Gasteiger charge is 2.30. The number of hydrogen-bond acceptors (Lipinski definition) is 4. The van der Waals surface area contributed by atoms with Gasteiger partial charge in [-0.3, -0.25) is 9.59 Å². The van der Waals surface area contributed by atoms with Crippen molar-refractivity contribution in [2.24, 2.45) is 0 Å². The van der Waals surface area contributed by atoms with Crippen LogP contribution in [-0.2, 0) is 9.59 Å². The zero-order chi connectivity index (χ0) is 19.2. The van der Waals surface area contributed by atoms with E-state index < -0.39 is 11.9 Å². The van der Waals surface area contributed by atoms with Gasteiger partial charge >= 0.3 is 0 Å². The van der Waals surface area contributed by atoms with Gasteiger partial charge in [-0.15, -0.1) is 0 Å². The molecule has 1 aliphatic rings. The van der Waals surface area contributed by atoms with Gasteiger partial charge < -0.3 is 10.2 Å². The molecule has 0 radical (unpaired) electrons. The van der Waals surface area contributed by atoms with Crippen LogP contribution in [0.5, 0.6) is 0 Å². The quantitative estimate of drug-likeness (QED) is 0.247. The van der Waals surface area contributed by atoms with Crippen molar-refractivity contribution in [3.63, 3.8) is 0 Å². The van der Waals surface area contributed by atoms with Gasteiger partial charge in [0.15, 0.2) is 11.6 Å². The van der Waals surface area contributed by atoms with Gasteiger partial charge in [0, 0.05) is 12.8 Å². The minimum atomic E-state index is -1.06. The minimum absolute atomic E-state index is 0.140. The van der Waals surface area contributed by atoms with Crippen LogP contribution in [0.1, 0.15) is 96.8 Å². The molecule has 2 N–H and O–H groups in total. The van der Waals surface area contributed by atoms with Crippen molar-refractivity contribution >= 4 is 11.6 Å². The van der Waals surface area contributed by atoms with Crippen molar-refractivity contribution in [3.05, 3.63) is 23.5 Å². The maximum absolute atomic E-state index is 12.1. The first-order valence-corrected chi connectivity index (χ1v) is 10.4. The van der Waals surface area contributed by atoms with Crippen molar-refractivity contribution in [1.29, 1.82) is 0 Å². The van der Waals surface area contributed by atoms with E-state index in [-0.39, 0.29) is 36.4 Å². The van der Waals surface area contributed by atoms with E-state index in [9.17, 15) is 19.8 Å². The Morgan fingerprint density at radius 3 is 2.12 bits per heavy atom. The summed E-state index contributed by atoms with van der Waals surface area (Å²) in [5.74, 6) is -1.07. The molecule has 0 fully saturated rings. The lowest BCUT2D eigenvalue weighted by Gasteiger charge is -2.18. The Balaban J connectivity index is 2.01. The van der Waals surface area contributed by atoms with Crippen molar-refractivity contribution in [2.45, 2.75) is 103 Å². The molecule has 0 spiro atoms. The topological polar surface area (TPSA) is 74.6 Å². The van der Waals surface area contributed by atoms with Crippen molar-refractivity contribution in [3.8, 4) is 0 Å². The molecule has 0 unspecified atom stereocenters. The predicted octanol–water partition coefficient (Wildman–Crippen LogP) is 5.35. The van der Waals surface area contributed by atoms with Gasteiger partial charge in [-0.05, 0) is 32.6 Å². The molecule has 26 heavy (non-hydrogen) atoms. The van der Waals surface area contributed by atoms with Gasteiger partial charge in [0.2, 0.25) is 0 Å². The number of ketones is 2. The van der Waals surface area contributed by atoms with E-state index in [2.05, 4.69) is 19.1 Å². The first-order valence-electron chi connectivity index (χ1n) is 10.4. The zero-order valence-corrected chi connectivity index (χ0v) is 16.3. The SMILES string of the molecule is C/C=C/CCCCCCCCCCCCC(=O)C1=C(O)[C@@H](O)CCC1=O. The van der Waals surface area contributed by atoms with Gasteiger partial charge in [-0.1, -0.05) is 63.5 Å². The molecule has 1 atom stereocenters. The van der Waals surface area contributed by atoms with E-state index in [1.54, 1.807) is 0 Å². The second-order valence-electron chi connectivity index (χ2n) is 7.30. The van der Waals surface area contributed by atoms with Gasteiger partial charge in [-0.25, -0.2) is 0 Å². The van der Waals surface area contributed by atoms with Crippen molar-refractivity contribution < 1.29 is 19.8 Å². The van der Waals surface area contributed by atoms with Crippen LogP contribution in [0, 0.1) is 0 Å². The highest BCUT2D eigenvalue weighted by atomic mass is 16.3. The van der Waals surface area contributed by atoms with E-state index in [4.69, 9.17) is 0 Å². The number of hydrogen-bond donors (Lipinski definition) is 2. The fourth-order valence-electron chi connectivity index (χ4n) is 3.39. The van der Waals surface area contributed by atoms with Crippen LogP contribution in [0.3, 0.4) is 0 Å². The average Bonchev–Trinajstić information content (AvgIpc) is 2.62. The summed E-state index contributed by atoms with van der Waals surface area (Å²) in [6.45, 7) is 2.07. The number of carbonyl (C=O) groups is 2. The average molecular weight is 365 g/mol. The molecule has 0 amide bonds. The molecule has 0 saturated carbocycles. The van der Waals surface area contributed by atoms with E-state index >= 15 is 0 Å². The number of carbonyl (C=O) groups excluding carboxylic acids is 2. The third kappa shape index (κ3) is 8.79. The number of aliphatic hydroxyl groups excluding tert-OH is 2. The molecule has 148 valence electrons. The van der Waals surface area contributed by atoms with Crippen LogP contribution >= 0.6 is 0 Å². The van der Waals surface area contributed by atoms with Crippen LogP contribution < -0.4 is 0 Å². The largest absolute Gasteiger partial charge is 0.509 e.